The van der Waals surface area contributed by atoms with Crippen molar-refractivity contribution >= 4 is 29.9 Å². The molecule has 1 atom stereocenters. The molecule has 1 aliphatic rings. The Morgan fingerprint density at radius 1 is 1.11 bits per heavy atom. The van der Waals surface area contributed by atoms with Crippen LogP contribution in [-0.4, -0.2) is 75.2 Å². The van der Waals surface area contributed by atoms with Gasteiger partial charge in [0.05, 0.1) is 13.7 Å². The molecule has 0 bridgehead atoms. The fourth-order valence-electron chi connectivity index (χ4n) is 3.38. The van der Waals surface area contributed by atoms with Crippen LogP contribution in [0.1, 0.15) is 26.3 Å². The number of likely N-dealkylation sites (N-methyl/N-ethyl adjacent to an activating group) is 1. The molecule has 0 saturated carbocycles. The third kappa shape index (κ3) is 8.13. The van der Waals surface area contributed by atoms with Gasteiger partial charge in [0.2, 0.25) is 0 Å². The highest BCUT2D eigenvalue weighted by atomic mass is 127. The highest BCUT2D eigenvalue weighted by Gasteiger charge is 2.25. The summed E-state index contributed by atoms with van der Waals surface area (Å²) < 4.78 is 5.22. The van der Waals surface area contributed by atoms with Gasteiger partial charge in [0.25, 0.3) is 0 Å². The van der Waals surface area contributed by atoms with Gasteiger partial charge in [-0.05, 0) is 37.6 Å². The van der Waals surface area contributed by atoms with Crippen LogP contribution < -0.4 is 15.4 Å². The Morgan fingerprint density at radius 2 is 1.75 bits per heavy atom. The Bertz CT molecular complexity index is 571. The number of halogens is 1. The highest BCUT2D eigenvalue weighted by molar-refractivity contribution is 14.0. The number of guanidine groups is 1. The lowest BCUT2D eigenvalue weighted by Gasteiger charge is -2.40. The SMILES string of the molecule is CCNC(=NCc1ccc(OC)cc1)NCC(C(C)C)N1CCN(C)CC1.I. The molecule has 2 rings (SSSR count). The monoisotopic (exact) mass is 503 g/mol. The summed E-state index contributed by atoms with van der Waals surface area (Å²) >= 11 is 0. The van der Waals surface area contributed by atoms with Gasteiger partial charge < -0.3 is 20.3 Å². The summed E-state index contributed by atoms with van der Waals surface area (Å²) in [5.74, 6) is 2.36. The van der Waals surface area contributed by atoms with E-state index in [1.54, 1.807) is 7.11 Å². The number of nitrogens with one attached hydrogen (secondary N) is 2. The molecule has 160 valence electrons. The van der Waals surface area contributed by atoms with Gasteiger partial charge in [-0.25, -0.2) is 4.99 Å². The average molecular weight is 503 g/mol. The standard InChI is InChI=1S/C21H37N5O.HI/c1-6-22-21(23-15-18-7-9-19(27-5)10-8-18)24-16-20(17(2)3)26-13-11-25(4)12-14-26;/h7-10,17,20H,6,11-16H2,1-5H3,(H2,22,23,24);1H. The summed E-state index contributed by atoms with van der Waals surface area (Å²) in [5.41, 5.74) is 1.17. The lowest BCUT2D eigenvalue weighted by molar-refractivity contribution is 0.0900. The van der Waals surface area contributed by atoms with Crippen molar-refractivity contribution in [3.8, 4) is 5.75 Å². The minimum absolute atomic E-state index is 0. The molecule has 1 aliphatic heterocycles. The second-order valence-electron chi connectivity index (χ2n) is 7.57. The molecule has 1 heterocycles. The van der Waals surface area contributed by atoms with E-state index in [1.807, 2.05) is 12.1 Å². The summed E-state index contributed by atoms with van der Waals surface area (Å²) in [6.45, 7) is 13.7. The average Bonchev–Trinajstić information content (AvgIpc) is 2.67. The molecule has 1 unspecified atom stereocenters. The molecule has 1 saturated heterocycles. The van der Waals surface area contributed by atoms with Crippen molar-refractivity contribution in [1.29, 1.82) is 0 Å². The van der Waals surface area contributed by atoms with E-state index in [0.717, 1.165) is 51.0 Å². The van der Waals surface area contributed by atoms with Gasteiger partial charge in [0, 0.05) is 45.3 Å². The van der Waals surface area contributed by atoms with Crippen molar-refractivity contribution in [3.05, 3.63) is 29.8 Å². The van der Waals surface area contributed by atoms with E-state index in [4.69, 9.17) is 9.73 Å². The second kappa shape index (κ2) is 13.2. The molecule has 6 nitrogen and oxygen atoms in total. The fourth-order valence-corrected chi connectivity index (χ4v) is 3.38. The first kappa shape index (κ1) is 25.0. The van der Waals surface area contributed by atoms with Crippen molar-refractivity contribution in [2.24, 2.45) is 10.9 Å². The third-order valence-corrected chi connectivity index (χ3v) is 5.18. The zero-order valence-corrected chi connectivity index (χ0v) is 20.4. The van der Waals surface area contributed by atoms with Crippen molar-refractivity contribution in [2.75, 3.05) is 53.4 Å². The van der Waals surface area contributed by atoms with Gasteiger partial charge in [-0.2, -0.15) is 0 Å². The van der Waals surface area contributed by atoms with Gasteiger partial charge in [-0.15, -0.1) is 24.0 Å². The Morgan fingerprint density at radius 3 is 2.29 bits per heavy atom. The van der Waals surface area contributed by atoms with Crippen LogP contribution in [0, 0.1) is 5.92 Å². The summed E-state index contributed by atoms with van der Waals surface area (Å²) in [4.78, 5) is 9.77. The van der Waals surface area contributed by atoms with Crippen LogP contribution in [0.5, 0.6) is 5.75 Å². The maximum Gasteiger partial charge on any atom is 0.191 e. The number of piperazine rings is 1. The predicted octanol–water partition coefficient (Wildman–Crippen LogP) is 2.64. The first-order valence-electron chi connectivity index (χ1n) is 10.1. The van der Waals surface area contributed by atoms with Crippen molar-refractivity contribution < 1.29 is 4.74 Å². The van der Waals surface area contributed by atoms with Gasteiger partial charge in [-0.3, -0.25) is 4.90 Å². The van der Waals surface area contributed by atoms with Crippen molar-refractivity contribution in [3.63, 3.8) is 0 Å². The van der Waals surface area contributed by atoms with Crippen molar-refractivity contribution in [2.45, 2.75) is 33.4 Å². The van der Waals surface area contributed by atoms with Crippen LogP contribution in [-0.2, 0) is 6.54 Å². The van der Waals surface area contributed by atoms with E-state index in [-0.39, 0.29) is 24.0 Å². The maximum absolute atomic E-state index is 5.22. The molecule has 1 aromatic carbocycles. The molecule has 0 radical (unpaired) electrons. The Balaban J connectivity index is 0.00000392. The van der Waals surface area contributed by atoms with Gasteiger partial charge in [0.1, 0.15) is 5.75 Å². The van der Waals surface area contributed by atoms with E-state index in [9.17, 15) is 0 Å². The van der Waals surface area contributed by atoms with Gasteiger partial charge >= 0.3 is 0 Å². The van der Waals surface area contributed by atoms with Crippen LogP contribution in [0.4, 0.5) is 0 Å². The smallest absolute Gasteiger partial charge is 0.191 e. The number of hydrogen-bond donors (Lipinski definition) is 2. The number of methoxy groups -OCH3 is 1. The van der Waals surface area contributed by atoms with Crippen LogP contribution >= 0.6 is 24.0 Å². The van der Waals surface area contributed by atoms with E-state index < -0.39 is 0 Å². The second-order valence-corrected chi connectivity index (χ2v) is 7.57. The van der Waals surface area contributed by atoms with Crippen LogP contribution in [0.25, 0.3) is 0 Å². The number of benzene rings is 1. The number of nitrogens with zero attached hydrogens (tertiary/aromatic N) is 3. The first-order chi connectivity index (χ1) is 13.0. The Labute approximate surface area is 188 Å². The normalized spacial score (nSPS) is 17.1. The van der Waals surface area contributed by atoms with Crippen LogP contribution in [0.2, 0.25) is 0 Å². The largest absolute Gasteiger partial charge is 0.497 e. The summed E-state index contributed by atoms with van der Waals surface area (Å²) in [5, 5.41) is 6.93. The summed E-state index contributed by atoms with van der Waals surface area (Å²) in [6, 6.07) is 8.60. The zero-order valence-electron chi connectivity index (χ0n) is 18.1. The van der Waals surface area contributed by atoms with E-state index in [2.05, 4.69) is 60.4 Å². The zero-order chi connectivity index (χ0) is 19.6. The third-order valence-electron chi connectivity index (χ3n) is 5.18. The number of hydrogen-bond acceptors (Lipinski definition) is 4. The molecule has 0 amide bonds. The Hall–Kier alpha value is -1.06. The van der Waals surface area contributed by atoms with E-state index in [1.165, 1.54) is 5.56 Å². The summed E-state index contributed by atoms with van der Waals surface area (Å²) in [7, 11) is 3.89. The maximum atomic E-state index is 5.22. The van der Waals surface area contributed by atoms with E-state index in [0.29, 0.717) is 18.5 Å². The molecule has 0 aromatic heterocycles. The van der Waals surface area contributed by atoms with Crippen molar-refractivity contribution in [1.82, 2.24) is 20.4 Å². The quantitative estimate of drug-likeness (QED) is 0.325. The molecular weight excluding hydrogens is 465 g/mol. The van der Waals surface area contributed by atoms with Crippen LogP contribution in [0.3, 0.4) is 0 Å². The molecule has 0 aliphatic carbocycles. The van der Waals surface area contributed by atoms with E-state index >= 15 is 0 Å². The first-order valence-corrected chi connectivity index (χ1v) is 10.1. The molecular formula is C21H38IN5O. The van der Waals surface area contributed by atoms with Gasteiger partial charge in [0.15, 0.2) is 5.96 Å². The molecule has 7 heteroatoms. The van der Waals surface area contributed by atoms with Gasteiger partial charge in [-0.1, -0.05) is 26.0 Å². The Kier molecular flexibility index (Phi) is 11.8. The molecule has 2 N–H and O–H groups in total. The number of ether oxygens (including phenoxy) is 1. The minimum Gasteiger partial charge on any atom is -0.497 e. The van der Waals surface area contributed by atoms with Crippen LogP contribution in [0.15, 0.2) is 29.3 Å². The molecule has 0 spiro atoms. The lowest BCUT2D eigenvalue weighted by atomic mass is 10.0. The lowest BCUT2D eigenvalue weighted by Crippen LogP contribution is -2.55. The predicted molar refractivity (Wildman–Crippen MR) is 129 cm³/mol. The fraction of sp³-hybridized carbons (Fsp3) is 0.667. The summed E-state index contributed by atoms with van der Waals surface area (Å²) in [6.07, 6.45) is 0. The number of aliphatic imine (C=N–C) groups is 1. The topological polar surface area (TPSA) is 52.1 Å². The molecule has 1 aromatic rings. The molecule has 28 heavy (non-hydrogen) atoms. The molecule has 1 fully saturated rings. The minimum atomic E-state index is 0. The number of rotatable bonds is 8. The highest BCUT2D eigenvalue weighted by Crippen LogP contribution is 2.13.